The molecule has 0 aliphatic rings. The zero-order valence-corrected chi connectivity index (χ0v) is 19.7. The lowest BCUT2D eigenvalue weighted by Crippen LogP contribution is -2.46. The summed E-state index contributed by atoms with van der Waals surface area (Å²) in [6, 6.07) is 13.2. The van der Waals surface area contributed by atoms with Crippen LogP contribution in [0.4, 0.5) is 5.69 Å². The summed E-state index contributed by atoms with van der Waals surface area (Å²) in [6.07, 6.45) is 1.06. The number of benzene rings is 2. The zero-order chi connectivity index (χ0) is 21.6. The maximum absolute atomic E-state index is 12.6. The third-order valence-electron chi connectivity index (χ3n) is 4.07. The van der Waals surface area contributed by atoms with E-state index in [2.05, 4.69) is 33.1 Å². The van der Waals surface area contributed by atoms with Gasteiger partial charge in [-0.25, -0.2) is 13.8 Å². The van der Waals surface area contributed by atoms with Gasteiger partial charge in [0.15, 0.2) is 0 Å². The highest BCUT2D eigenvalue weighted by Gasteiger charge is 2.29. The summed E-state index contributed by atoms with van der Waals surface area (Å²) in [5, 5.41) is 4.13. The van der Waals surface area contributed by atoms with Crippen molar-refractivity contribution >= 4 is 49.9 Å². The average molecular weight is 529 g/mol. The molecule has 29 heavy (non-hydrogen) atoms. The third-order valence-corrected chi connectivity index (χ3v) is 5.98. The number of ether oxygens (including phenoxy) is 1. The Labute approximate surface area is 185 Å². The lowest BCUT2D eigenvalue weighted by molar-refractivity contribution is -0.121. The number of hydrogen-bond donors (Lipinski definition) is 1. The minimum absolute atomic E-state index is 0.372. The van der Waals surface area contributed by atoms with E-state index < -0.39 is 22.0 Å². The van der Waals surface area contributed by atoms with Gasteiger partial charge in [0, 0.05) is 3.57 Å². The molecule has 2 aromatic rings. The quantitative estimate of drug-likeness (QED) is 0.323. The van der Waals surface area contributed by atoms with Gasteiger partial charge in [0.25, 0.3) is 5.91 Å². The summed E-state index contributed by atoms with van der Waals surface area (Å²) in [5.74, 6) is 0.0915. The van der Waals surface area contributed by atoms with Crippen molar-refractivity contribution in [2.24, 2.45) is 5.10 Å². The first-order valence-electron chi connectivity index (χ1n) is 8.95. The molecule has 0 saturated carbocycles. The second kappa shape index (κ2) is 10.1. The largest absolute Gasteiger partial charge is 0.494 e. The molecule has 0 aliphatic carbocycles. The van der Waals surface area contributed by atoms with E-state index in [-0.39, 0.29) is 0 Å². The molecule has 0 unspecified atom stereocenters. The highest BCUT2D eigenvalue weighted by atomic mass is 127. The summed E-state index contributed by atoms with van der Waals surface area (Å²) in [6.45, 7) is 5.66. The second-order valence-electron chi connectivity index (χ2n) is 6.35. The van der Waals surface area contributed by atoms with Crippen molar-refractivity contribution in [1.29, 1.82) is 0 Å². The number of rotatable bonds is 8. The molecule has 0 saturated heterocycles. The number of halogens is 1. The molecule has 0 radical (unpaired) electrons. The molecule has 7 nitrogen and oxygen atoms in total. The Balaban J connectivity index is 2.21. The van der Waals surface area contributed by atoms with Crippen molar-refractivity contribution in [3.05, 3.63) is 57.7 Å². The number of nitrogens with zero attached hydrogens (tertiary/aromatic N) is 2. The molecular weight excluding hydrogens is 505 g/mol. The summed E-state index contributed by atoms with van der Waals surface area (Å²) < 4.78 is 32.2. The summed E-state index contributed by atoms with van der Waals surface area (Å²) >= 11 is 2.20. The van der Waals surface area contributed by atoms with Gasteiger partial charge in [-0.3, -0.25) is 9.10 Å². The lowest BCUT2D eigenvalue weighted by atomic mass is 10.1. The van der Waals surface area contributed by atoms with Gasteiger partial charge in [0.2, 0.25) is 10.0 Å². The lowest BCUT2D eigenvalue weighted by Gasteiger charge is -2.27. The fourth-order valence-electron chi connectivity index (χ4n) is 2.68. The van der Waals surface area contributed by atoms with E-state index in [0.29, 0.717) is 23.8 Å². The number of hydrogen-bond acceptors (Lipinski definition) is 5. The molecule has 0 heterocycles. The molecule has 1 atom stereocenters. The van der Waals surface area contributed by atoms with Crippen molar-refractivity contribution in [2.45, 2.75) is 26.8 Å². The van der Waals surface area contributed by atoms with Crippen LogP contribution in [0.15, 0.2) is 53.6 Å². The smallest absolute Gasteiger partial charge is 0.263 e. The van der Waals surface area contributed by atoms with Crippen LogP contribution in [0.2, 0.25) is 0 Å². The van der Waals surface area contributed by atoms with Crippen LogP contribution in [0.5, 0.6) is 5.75 Å². The Hall–Kier alpha value is -2.14. The van der Waals surface area contributed by atoms with E-state index in [0.717, 1.165) is 19.7 Å². The predicted octanol–water partition coefficient (Wildman–Crippen LogP) is 3.38. The molecule has 9 heteroatoms. The van der Waals surface area contributed by atoms with E-state index >= 15 is 0 Å². The van der Waals surface area contributed by atoms with Crippen LogP contribution >= 0.6 is 22.6 Å². The van der Waals surface area contributed by atoms with Gasteiger partial charge in [-0.2, -0.15) is 5.10 Å². The maximum atomic E-state index is 12.6. The number of nitrogens with one attached hydrogen (secondary N) is 1. The van der Waals surface area contributed by atoms with Crippen molar-refractivity contribution < 1.29 is 17.9 Å². The van der Waals surface area contributed by atoms with Crippen LogP contribution in [-0.4, -0.2) is 38.9 Å². The van der Waals surface area contributed by atoms with Crippen LogP contribution in [0.25, 0.3) is 0 Å². The molecule has 0 aromatic heterocycles. The number of amides is 1. The Morgan fingerprint density at radius 3 is 2.45 bits per heavy atom. The Bertz CT molecular complexity index is 991. The topological polar surface area (TPSA) is 88.1 Å². The fourth-order valence-corrected chi connectivity index (χ4v) is 4.39. The predicted molar refractivity (Wildman–Crippen MR) is 124 cm³/mol. The van der Waals surface area contributed by atoms with E-state index in [1.54, 1.807) is 31.2 Å². The van der Waals surface area contributed by atoms with Gasteiger partial charge < -0.3 is 4.74 Å². The number of carbonyl (C=O) groups excluding carboxylic acids is 1. The zero-order valence-electron chi connectivity index (χ0n) is 16.7. The first-order chi connectivity index (χ1) is 13.6. The van der Waals surface area contributed by atoms with Crippen molar-refractivity contribution in [3.8, 4) is 5.75 Å². The highest BCUT2D eigenvalue weighted by molar-refractivity contribution is 14.1. The Kier molecular flexibility index (Phi) is 8.03. The van der Waals surface area contributed by atoms with E-state index in [4.69, 9.17) is 4.74 Å². The van der Waals surface area contributed by atoms with Crippen LogP contribution < -0.4 is 14.5 Å². The molecule has 1 N–H and O–H groups in total. The highest BCUT2D eigenvalue weighted by Crippen LogP contribution is 2.24. The van der Waals surface area contributed by atoms with Crippen molar-refractivity contribution in [3.63, 3.8) is 0 Å². The number of hydrazone groups is 1. The van der Waals surface area contributed by atoms with E-state index in [1.807, 2.05) is 31.2 Å². The molecule has 0 bridgehead atoms. The first kappa shape index (κ1) is 23.1. The monoisotopic (exact) mass is 529 g/mol. The molecule has 1 amide bonds. The van der Waals surface area contributed by atoms with Gasteiger partial charge in [-0.05, 0) is 85.3 Å². The minimum Gasteiger partial charge on any atom is -0.494 e. The van der Waals surface area contributed by atoms with Crippen LogP contribution in [-0.2, 0) is 14.8 Å². The number of sulfonamides is 1. The SMILES string of the molecule is CCOc1ccc(N([C@H](C)C(=O)N/N=C(/C)c2cccc(I)c2)S(C)(=O)=O)cc1. The van der Waals surface area contributed by atoms with Gasteiger partial charge in [-0.15, -0.1) is 0 Å². The maximum Gasteiger partial charge on any atom is 0.263 e. The van der Waals surface area contributed by atoms with Crippen molar-refractivity contribution in [1.82, 2.24) is 5.43 Å². The minimum atomic E-state index is -3.70. The van der Waals surface area contributed by atoms with Crippen LogP contribution in [0.3, 0.4) is 0 Å². The molecular formula is C20H24IN3O4S. The number of anilines is 1. The summed E-state index contributed by atoms with van der Waals surface area (Å²) in [4.78, 5) is 12.6. The molecule has 156 valence electrons. The van der Waals surface area contributed by atoms with Crippen LogP contribution in [0.1, 0.15) is 26.3 Å². The molecule has 0 spiro atoms. The Morgan fingerprint density at radius 1 is 1.24 bits per heavy atom. The molecule has 0 fully saturated rings. The van der Waals surface area contributed by atoms with Gasteiger partial charge in [0.1, 0.15) is 11.8 Å². The van der Waals surface area contributed by atoms with Gasteiger partial charge in [-0.1, -0.05) is 12.1 Å². The fraction of sp³-hybridized carbons (Fsp3) is 0.300. The summed E-state index contributed by atoms with van der Waals surface area (Å²) in [7, 11) is -3.70. The summed E-state index contributed by atoms with van der Waals surface area (Å²) in [5.41, 5.74) is 4.34. The second-order valence-corrected chi connectivity index (χ2v) is 9.45. The normalized spacial score (nSPS) is 12.9. The van der Waals surface area contributed by atoms with E-state index in [9.17, 15) is 13.2 Å². The standard InChI is InChI=1S/C20H24IN3O4S/c1-5-28-19-11-9-18(10-12-19)24(29(4,26)27)15(3)20(25)23-22-14(2)16-7-6-8-17(21)13-16/h6-13,15H,5H2,1-4H3,(H,23,25)/b22-14-/t15-/m1/s1. The van der Waals surface area contributed by atoms with E-state index in [1.165, 1.54) is 6.92 Å². The molecule has 0 aliphatic heterocycles. The number of carbonyl (C=O) groups is 1. The average Bonchev–Trinajstić information content (AvgIpc) is 2.66. The van der Waals surface area contributed by atoms with Gasteiger partial charge in [0.05, 0.1) is 24.3 Å². The van der Waals surface area contributed by atoms with Crippen LogP contribution in [0, 0.1) is 3.57 Å². The van der Waals surface area contributed by atoms with Crippen molar-refractivity contribution in [2.75, 3.05) is 17.2 Å². The first-order valence-corrected chi connectivity index (χ1v) is 11.9. The molecule has 2 rings (SSSR count). The molecule has 2 aromatic carbocycles. The Morgan fingerprint density at radius 2 is 1.90 bits per heavy atom. The third kappa shape index (κ3) is 6.43. The van der Waals surface area contributed by atoms with Gasteiger partial charge >= 0.3 is 0 Å².